The molecule has 41 heavy (non-hydrogen) atoms. The van der Waals surface area contributed by atoms with Gasteiger partial charge in [-0.05, 0) is 77.6 Å². The van der Waals surface area contributed by atoms with E-state index in [9.17, 15) is 40.2 Å². The third kappa shape index (κ3) is 6.60. The molecule has 0 saturated heterocycles. The number of rotatable bonds is 8. The lowest BCUT2D eigenvalue weighted by Crippen LogP contribution is -2.47. The molecule has 216 valence electrons. The van der Waals surface area contributed by atoms with E-state index < -0.39 is 58.0 Å². The molecule has 0 aliphatic heterocycles. The summed E-state index contributed by atoms with van der Waals surface area (Å²) in [6.07, 6.45) is -7.15. The second-order valence-electron chi connectivity index (χ2n) is 9.93. The Hall–Kier alpha value is -3.76. The molecule has 0 heterocycles. The summed E-state index contributed by atoms with van der Waals surface area (Å²) < 4.78 is 112. The zero-order valence-corrected chi connectivity index (χ0v) is 21.8. The molecule has 2 unspecified atom stereocenters. The fraction of sp³-hybridized carbons (Fsp3) is 0.226. The highest BCUT2D eigenvalue weighted by Gasteiger charge is 2.40. The first kappa shape index (κ1) is 30.2. The van der Waals surface area contributed by atoms with Crippen molar-refractivity contribution in [2.45, 2.75) is 44.1 Å². The Balaban J connectivity index is 2.00. The maximum absolute atomic E-state index is 14.9. The highest BCUT2D eigenvalue weighted by molar-refractivity contribution is 5.45. The van der Waals surface area contributed by atoms with Crippen molar-refractivity contribution >= 4 is 0 Å². The zero-order chi connectivity index (χ0) is 30.2. The van der Waals surface area contributed by atoms with Crippen LogP contribution in [0.25, 0.3) is 0 Å². The smallest absolute Gasteiger partial charge is 0.374 e. The first-order chi connectivity index (χ1) is 19.1. The number of aryl methyl sites for hydroxylation is 1. The molecular weight excluding hydrogens is 554 g/mol. The van der Waals surface area contributed by atoms with Crippen molar-refractivity contribution < 1.29 is 40.2 Å². The van der Waals surface area contributed by atoms with Crippen LogP contribution in [-0.4, -0.2) is 5.11 Å². The minimum Gasteiger partial charge on any atom is -0.374 e. The van der Waals surface area contributed by atoms with Crippen LogP contribution in [0.3, 0.4) is 0 Å². The third-order valence-electron chi connectivity index (χ3n) is 6.86. The van der Waals surface area contributed by atoms with Gasteiger partial charge in [-0.25, -0.2) is 22.0 Å². The summed E-state index contributed by atoms with van der Waals surface area (Å²) in [6, 6.07) is 16.7. The molecule has 4 aromatic rings. The van der Waals surface area contributed by atoms with Gasteiger partial charge in [-0.15, -0.1) is 0 Å². The average molecular weight is 580 g/mol. The Morgan fingerprint density at radius 1 is 0.732 bits per heavy atom. The molecule has 2 nitrogen and oxygen atoms in total. The van der Waals surface area contributed by atoms with Crippen LogP contribution in [-0.2, 0) is 24.1 Å². The molecule has 0 aliphatic rings. The van der Waals surface area contributed by atoms with E-state index in [-0.39, 0.29) is 23.1 Å². The molecular formula is C31H25F8NO. The lowest BCUT2D eigenvalue weighted by molar-refractivity contribution is -0.140. The largest absolute Gasteiger partial charge is 0.419 e. The summed E-state index contributed by atoms with van der Waals surface area (Å²) in [6.45, 7) is 2.02. The monoisotopic (exact) mass is 579 g/mol. The van der Waals surface area contributed by atoms with Gasteiger partial charge in [0.1, 0.15) is 23.7 Å². The second-order valence-corrected chi connectivity index (χ2v) is 9.93. The minimum atomic E-state index is -5.07. The van der Waals surface area contributed by atoms with Crippen molar-refractivity contribution in [1.82, 2.24) is 5.32 Å². The summed E-state index contributed by atoms with van der Waals surface area (Å²) in [5.74, 6) is -6.67. The van der Waals surface area contributed by atoms with E-state index in [1.54, 1.807) is 30.3 Å². The summed E-state index contributed by atoms with van der Waals surface area (Å²) in [7, 11) is 0. The molecule has 2 N–H and O–H groups in total. The SMILES string of the molecule is Cc1cc(C(Cc2ccccc2)(NC(O)c2ccc(F)c(C(F)(F)F)c2)c2cc(F)cc(C(C)(F)F)c2)ccc1F. The Labute approximate surface area is 231 Å². The van der Waals surface area contributed by atoms with E-state index >= 15 is 0 Å². The molecule has 0 spiro atoms. The molecule has 0 aliphatic carbocycles. The van der Waals surface area contributed by atoms with Crippen molar-refractivity contribution in [3.63, 3.8) is 0 Å². The Morgan fingerprint density at radius 3 is 1.98 bits per heavy atom. The van der Waals surface area contributed by atoms with E-state index in [0.29, 0.717) is 30.7 Å². The number of hydrogen-bond acceptors (Lipinski definition) is 2. The molecule has 0 radical (unpaired) electrons. The van der Waals surface area contributed by atoms with Crippen LogP contribution < -0.4 is 5.32 Å². The van der Waals surface area contributed by atoms with Gasteiger partial charge in [0.15, 0.2) is 0 Å². The average Bonchev–Trinajstić information content (AvgIpc) is 2.89. The van der Waals surface area contributed by atoms with Gasteiger partial charge in [-0.3, -0.25) is 5.32 Å². The molecule has 10 heteroatoms. The zero-order valence-electron chi connectivity index (χ0n) is 21.8. The Morgan fingerprint density at radius 2 is 1.37 bits per heavy atom. The van der Waals surface area contributed by atoms with Crippen molar-refractivity contribution in [3.05, 3.63) is 141 Å². The van der Waals surface area contributed by atoms with E-state index in [4.69, 9.17) is 0 Å². The van der Waals surface area contributed by atoms with Crippen LogP contribution in [0.4, 0.5) is 35.1 Å². The summed E-state index contributed by atoms with van der Waals surface area (Å²) in [5, 5.41) is 14.1. The lowest BCUT2D eigenvalue weighted by Gasteiger charge is -2.39. The molecule has 4 rings (SSSR count). The van der Waals surface area contributed by atoms with E-state index in [2.05, 4.69) is 5.32 Å². The van der Waals surface area contributed by atoms with Crippen LogP contribution in [0, 0.1) is 24.4 Å². The standard InChI is InChI=1S/C31H25F8NO/c1-18-12-21(9-11-26(18)33)30(17-19-6-4-3-5-7-19,23-14-22(29(2,35)36)15-24(32)16-23)40-28(41)20-8-10-27(34)25(13-20)31(37,38)39/h3-16,28,40-41H,17H2,1-2H3. The fourth-order valence-electron chi connectivity index (χ4n) is 4.74. The number of halogens is 8. The molecule has 2 atom stereocenters. The van der Waals surface area contributed by atoms with Crippen molar-refractivity contribution in [1.29, 1.82) is 0 Å². The van der Waals surface area contributed by atoms with Gasteiger partial charge in [0.05, 0.1) is 11.1 Å². The van der Waals surface area contributed by atoms with Crippen LogP contribution in [0.1, 0.15) is 52.1 Å². The van der Waals surface area contributed by atoms with Gasteiger partial charge in [0.25, 0.3) is 5.92 Å². The van der Waals surface area contributed by atoms with Crippen molar-refractivity contribution in [2.75, 3.05) is 0 Å². The fourth-order valence-corrected chi connectivity index (χ4v) is 4.74. The number of alkyl halides is 5. The third-order valence-corrected chi connectivity index (χ3v) is 6.86. The van der Waals surface area contributed by atoms with Crippen LogP contribution in [0.2, 0.25) is 0 Å². The summed E-state index contributed by atoms with van der Waals surface area (Å²) in [4.78, 5) is 0. The topological polar surface area (TPSA) is 32.3 Å². The van der Waals surface area contributed by atoms with Crippen molar-refractivity contribution in [2.24, 2.45) is 0 Å². The predicted octanol–water partition coefficient (Wildman–Crippen LogP) is 8.31. The number of hydrogen-bond donors (Lipinski definition) is 2. The van der Waals surface area contributed by atoms with Gasteiger partial charge >= 0.3 is 6.18 Å². The van der Waals surface area contributed by atoms with Crippen LogP contribution in [0.5, 0.6) is 0 Å². The quantitative estimate of drug-likeness (QED) is 0.163. The van der Waals surface area contributed by atoms with E-state index in [1.807, 2.05) is 0 Å². The maximum atomic E-state index is 14.9. The van der Waals surface area contributed by atoms with Gasteiger partial charge in [-0.2, -0.15) is 13.2 Å². The highest BCUT2D eigenvalue weighted by Crippen LogP contribution is 2.40. The summed E-state index contributed by atoms with van der Waals surface area (Å²) >= 11 is 0. The normalized spacial score (nSPS) is 14.5. The summed E-state index contributed by atoms with van der Waals surface area (Å²) in [5.41, 5.74) is -3.72. The van der Waals surface area contributed by atoms with E-state index in [1.165, 1.54) is 19.1 Å². The predicted molar refractivity (Wildman–Crippen MR) is 138 cm³/mol. The molecule has 4 aromatic carbocycles. The molecule has 0 amide bonds. The number of aliphatic hydroxyl groups excluding tert-OH is 1. The van der Waals surface area contributed by atoms with E-state index in [0.717, 1.165) is 24.3 Å². The minimum absolute atomic E-state index is 0.110. The van der Waals surface area contributed by atoms with Crippen molar-refractivity contribution in [3.8, 4) is 0 Å². The maximum Gasteiger partial charge on any atom is 0.419 e. The van der Waals surface area contributed by atoms with Gasteiger partial charge < -0.3 is 5.11 Å². The highest BCUT2D eigenvalue weighted by atomic mass is 19.4. The molecule has 0 bridgehead atoms. The molecule has 0 saturated carbocycles. The van der Waals surface area contributed by atoms with Gasteiger partial charge in [-0.1, -0.05) is 48.5 Å². The first-order valence-electron chi connectivity index (χ1n) is 12.4. The second kappa shape index (κ2) is 11.3. The Kier molecular flexibility index (Phi) is 8.29. The first-order valence-corrected chi connectivity index (χ1v) is 12.4. The van der Waals surface area contributed by atoms with Crippen LogP contribution in [0.15, 0.2) is 84.9 Å². The Bertz CT molecular complexity index is 1530. The number of benzene rings is 4. The van der Waals surface area contributed by atoms with Gasteiger partial charge in [0.2, 0.25) is 0 Å². The van der Waals surface area contributed by atoms with Crippen LogP contribution >= 0.6 is 0 Å². The lowest BCUT2D eigenvalue weighted by atomic mass is 9.76. The van der Waals surface area contributed by atoms with Gasteiger partial charge in [0, 0.05) is 12.5 Å². The molecule has 0 fully saturated rings. The number of nitrogens with one attached hydrogen (secondary N) is 1. The number of aliphatic hydroxyl groups is 1. The molecule has 0 aromatic heterocycles.